The number of carboxylic acid groups (broad SMARTS) is 1. The van der Waals surface area contributed by atoms with E-state index in [1.807, 2.05) is 30.4 Å². The first-order valence-corrected chi connectivity index (χ1v) is 7.67. The molecule has 1 N–H and O–H groups in total. The highest BCUT2D eigenvalue weighted by Gasteiger charge is 2.26. The summed E-state index contributed by atoms with van der Waals surface area (Å²) in [6.45, 7) is 5.86. The minimum atomic E-state index is -0.711. The van der Waals surface area contributed by atoms with E-state index in [2.05, 4.69) is 16.9 Å². The third kappa shape index (κ3) is 3.30. The molecule has 6 heteroatoms. The summed E-state index contributed by atoms with van der Waals surface area (Å²) < 4.78 is 1.90. The summed E-state index contributed by atoms with van der Waals surface area (Å²) in [6.07, 6.45) is 0.228. The Morgan fingerprint density at radius 2 is 2.26 bits per heavy atom. The molecule has 106 valence electrons. The van der Waals surface area contributed by atoms with E-state index < -0.39 is 5.97 Å². The number of thioether (sulfide) groups is 1. The molecule has 0 bridgehead atoms. The first kappa shape index (κ1) is 14.4. The molecular weight excluding hydrogens is 262 g/mol. The number of hydrogen-bond donors (Lipinski definition) is 1. The van der Waals surface area contributed by atoms with Crippen LogP contribution in [0.5, 0.6) is 0 Å². The van der Waals surface area contributed by atoms with Crippen molar-refractivity contribution < 1.29 is 9.90 Å². The van der Waals surface area contributed by atoms with Gasteiger partial charge in [-0.1, -0.05) is 0 Å². The molecule has 0 spiro atoms. The van der Waals surface area contributed by atoms with Crippen LogP contribution in [-0.2, 0) is 18.4 Å². The van der Waals surface area contributed by atoms with Gasteiger partial charge in [-0.05, 0) is 13.8 Å². The van der Waals surface area contributed by atoms with Gasteiger partial charge in [0.05, 0.1) is 12.1 Å². The van der Waals surface area contributed by atoms with Gasteiger partial charge in [0.15, 0.2) is 0 Å². The molecule has 1 aromatic heterocycles. The lowest BCUT2D eigenvalue weighted by atomic mass is 10.1. The summed E-state index contributed by atoms with van der Waals surface area (Å²) in [6, 6.07) is 0.134. The highest BCUT2D eigenvalue weighted by Crippen LogP contribution is 2.23. The largest absolute Gasteiger partial charge is 0.481 e. The van der Waals surface area contributed by atoms with E-state index in [1.54, 1.807) is 0 Å². The fourth-order valence-corrected chi connectivity index (χ4v) is 3.67. The molecule has 2 rings (SSSR count). The minimum absolute atomic E-state index is 0.134. The van der Waals surface area contributed by atoms with E-state index in [9.17, 15) is 4.79 Å². The first-order valence-electron chi connectivity index (χ1n) is 6.51. The molecule has 2 heterocycles. The Labute approximate surface area is 118 Å². The van der Waals surface area contributed by atoms with Crippen LogP contribution in [0.15, 0.2) is 0 Å². The van der Waals surface area contributed by atoms with Gasteiger partial charge in [0, 0.05) is 48.9 Å². The lowest BCUT2D eigenvalue weighted by Gasteiger charge is -2.34. The van der Waals surface area contributed by atoms with Gasteiger partial charge < -0.3 is 5.11 Å². The summed E-state index contributed by atoms with van der Waals surface area (Å²) in [7, 11) is 1.95. The topological polar surface area (TPSA) is 58.4 Å². The summed E-state index contributed by atoms with van der Waals surface area (Å²) in [5, 5.41) is 13.4. The molecule has 0 aliphatic carbocycles. The average molecular weight is 283 g/mol. The van der Waals surface area contributed by atoms with Crippen LogP contribution in [0, 0.1) is 13.8 Å². The number of hydrogen-bond acceptors (Lipinski definition) is 4. The Morgan fingerprint density at radius 3 is 2.84 bits per heavy atom. The smallest absolute Gasteiger partial charge is 0.304 e. The van der Waals surface area contributed by atoms with Gasteiger partial charge in [-0.15, -0.1) is 0 Å². The van der Waals surface area contributed by atoms with Gasteiger partial charge in [-0.25, -0.2) is 0 Å². The molecule has 1 unspecified atom stereocenters. The number of aromatic nitrogens is 2. The summed E-state index contributed by atoms with van der Waals surface area (Å²) in [5.41, 5.74) is 3.46. The Hall–Kier alpha value is -1.01. The third-order valence-corrected chi connectivity index (χ3v) is 4.87. The van der Waals surface area contributed by atoms with Crippen molar-refractivity contribution in [2.75, 3.05) is 18.1 Å². The SMILES string of the molecule is Cc1nn(C)c(C)c1CN1CCSCC1CC(=O)O. The zero-order valence-corrected chi connectivity index (χ0v) is 12.5. The zero-order chi connectivity index (χ0) is 14.0. The van der Waals surface area contributed by atoms with Crippen molar-refractivity contribution in [1.29, 1.82) is 0 Å². The number of aryl methyl sites for hydroxylation is 2. The molecule has 5 nitrogen and oxygen atoms in total. The maximum atomic E-state index is 11.0. The lowest BCUT2D eigenvalue weighted by Crippen LogP contribution is -2.43. The van der Waals surface area contributed by atoms with Crippen molar-refractivity contribution in [3.05, 3.63) is 17.0 Å². The lowest BCUT2D eigenvalue weighted by molar-refractivity contribution is -0.138. The summed E-state index contributed by atoms with van der Waals surface area (Å²) in [5.74, 6) is 1.27. The molecule has 0 saturated carbocycles. The normalized spacial score (nSPS) is 20.7. The predicted molar refractivity (Wildman–Crippen MR) is 76.5 cm³/mol. The van der Waals surface area contributed by atoms with Crippen molar-refractivity contribution in [3.8, 4) is 0 Å². The Bertz CT molecular complexity index is 473. The predicted octanol–water partition coefficient (Wildman–Crippen LogP) is 1.43. The Balaban J connectivity index is 2.12. The van der Waals surface area contributed by atoms with E-state index in [-0.39, 0.29) is 12.5 Å². The van der Waals surface area contributed by atoms with Gasteiger partial charge in [0.2, 0.25) is 0 Å². The molecule has 0 aromatic carbocycles. The average Bonchev–Trinajstić information content (AvgIpc) is 2.57. The maximum Gasteiger partial charge on any atom is 0.304 e. The summed E-state index contributed by atoms with van der Waals surface area (Å²) >= 11 is 1.85. The van der Waals surface area contributed by atoms with E-state index in [1.165, 1.54) is 11.3 Å². The number of rotatable bonds is 4. The van der Waals surface area contributed by atoms with Crippen molar-refractivity contribution in [3.63, 3.8) is 0 Å². The van der Waals surface area contributed by atoms with Gasteiger partial charge in [-0.2, -0.15) is 16.9 Å². The van der Waals surface area contributed by atoms with E-state index >= 15 is 0 Å². The highest BCUT2D eigenvalue weighted by atomic mass is 32.2. The zero-order valence-electron chi connectivity index (χ0n) is 11.7. The molecule has 0 radical (unpaired) electrons. The minimum Gasteiger partial charge on any atom is -0.481 e. The first-order chi connectivity index (χ1) is 8.99. The van der Waals surface area contributed by atoms with Crippen LogP contribution in [0.2, 0.25) is 0 Å². The highest BCUT2D eigenvalue weighted by molar-refractivity contribution is 7.99. The quantitative estimate of drug-likeness (QED) is 0.906. The molecular formula is C13H21N3O2S. The number of carboxylic acids is 1. The molecule has 0 amide bonds. The monoisotopic (exact) mass is 283 g/mol. The number of carbonyl (C=O) groups is 1. The van der Waals surface area contributed by atoms with E-state index in [4.69, 9.17) is 5.11 Å². The molecule has 1 fully saturated rings. The molecule has 1 aromatic rings. The van der Waals surface area contributed by atoms with Crippen LogP contribution in [-0.4, -0.2) is 49.8 Å². The second kappa shape index (κ2) is 5.96. The second-order valence-electron chi connectivity index (χ2n) is 5.07. The van der Waals surface area contributed by atoms with Crippen molar-refractivity contribution in [1.82, 2.24) is 14.7 Å². The molecule has 1 aliphatic rings. The Morgan fingerprint density at radius 1 is 1.53 bits per heavy atom. The standard InChI is InChI=1S/C13H21N3O2S/c1-9-12(10(2)15(3)14-9)7-16-4-5-19-8-11(16)6-13(17)18/h11H,4-8H2,1-3H3,(H,17,18). The van der Waals surface area contributed by atoms with E-state index in [0.29, 0.717) is 0 Å². The van der Waals surface area contributed by atoms with Crippen molar-refractivity contribution in [2.24, 2.45) is 7.05 Å². The van der Waals surface area contributed by atoms with Gasteiger partial charge in [0.1, 0.15) is 0 Å². The van der Waals surface area contributed by atoms with Crippen LogP contribution in [0.4, 0.5) is 0 Å². The molecule has 1 saturated heterocycles. The van der Waals surface area contributed by atoms with Gasteiger partial charge >= 0.3 is 5.97 Å². The second-order valence-corrected chi connectivity index (χ2v) is 6.22. The fraction of sp³-hybridized carbons (Fsp3) is 0.692. The van der Waals surface area contributed by atoms with Crippen LogP contribution >= 0.6 is 11.8 Å². The number of aliphatic carboxylic acids is 1. The van der Waals surface area contributed by atoms with Crippen LogP contribution in [0.1, 0.15) is 23.4 Å². The fourth-order valence-electron chi connectivity index (χ4n) is 2.54. The van der Waals surface area contributed by atoms with Crippen LogP contribution in [0.3, 0.4) is 0 Å². The molecule has 1 aliphatic heterocycles. The van der Waals surface area contributed by atoms with E-state index in [0.717, 1.165) is 30.3 Å². The number of nitrogens with zero attached hydrogens (tertiary/aromatic N) is 3. The third-order valence-electron chi connectivity index (χ3n) is 3.78. The Kier molecular flexibility index (Phi) is 4.52. The van der Waals surface area contributed by atoms with Crippen LogP contribution < -0.4 is 0 Å². The van der Waals surface area contributed by atoms with Gasteiger partial charge in [-0.3, -0.25) is 14.4 Å². The van der Waals surface area contributed by atoms with Crippen molar-refractivity contribution in [2.45, 2.75) is 32.9 Å². The van der Waals surface area contributed by atoms with Crippen LogP contribution in [0.25, 0.3) is 0 Å². The molecule has 19 heavy (non-hydrogen) atoms. The van der Waals surface area contributed by atoms with Crippen molar-refractivity contribution >= 4 is 17.7 Å². The summed E-state index contributed by atoms with van der Waals surface area (Å²) in [4.78, 5) is 13.2. The molecule has 1 atom stereocenters. The maximum absolute atomic E-state index is 11.0. The van der Waals surface area contributed by atoms with Gasteiger partial charge in [0.25, 0.3) is 0 Å².